The molecule has 1 rings (SSSR count). The van der Waals surface area contributed by atoms with Crippen molar-refractivity contribution < 1.29 is 9.53 Å². The van der Waals surface area contributed by atoms with Crippen LogP contribution in [0.4, 0.5) is 0 Å². The van der Waals surface area contributed by atoms with Crippen LogP contribution in [0.15, 0.2) is 30.3 Å². The molecule has 0 spiro atoms. The van der Waals surface area contributed by atoms with Crippen LogP contribution in [0, 0.1) is 11.5 Å². The molecule has 4 heteroatoms. The zero-order chi connectivity index (χ0) is 10.2. The fraction of sp³-hybridized carbons (Fsp3) is 0.200. The van der Waals surface area contributed by atoms with Gasteiger partial charge < -0.3 is 4.74 Å². The van der Waals surface area contributed by atoms with Crippen LogP contribution in [0.3, 0.4) is 0 Å². The maximum absolute atomic E-state index is 10.8. The van der Waals surface area contributed by atoms with E-state index < -0.39 is 5.91 Å². The topological polar surface area (TPSA) is 62.1 Å². The molecule has 4 nitrogen and oxygen atoms in total. The van der Waals surface area contributed by atoms with Crippen molar-refractivity contribution in [3.05, 3.63) is 35.9 Å². The van der Waals surface area contributed by atoms with Gasteiger partial charge in [0.25, 0.3) is 5.91 Å². The van der Waals surface area contributed by atoms with Gasteiger partial charge in [0.15, 0.2) is 6.19 Å². The smallest absolute Gasteiger partial charge is 0.258 e. The summed E-state index contributed by atoms with van der Waals surface area (Å²) in [5, 5.41) is 10.1. The van der Waals surface area contributed by atoms with Crippen molar-refractivity contribution in [3.63, 3.8) is 0 Å². The van der Waals surface area contributed by atoms with Gasteiger partial charge in [-0.25, -0.2) is 0 Å². The lowest BCUT2D eigenvalue weighted by molar-refractivity contribution is -0.124. The van der Waals surface area contributed by atoms with E-state index in [-0.39, 0.29) is 6.61 Å². The summed E-state index contributed by atoms with van der Waals surface area (Å²) in [6.07, 6.45) is 1.54. The highest BCUT2D eigenvalue weighted by atomic mass is 16.5. The van der Waals surface area contributed by atoms with Crippen LogP contribution < -0.4 is 5.32 Å². The number of carbonyl (C=O) groups excluding carboxylic acids is 1. The van der Waals surface area contributed by atoms with E-state index in [0.29, 0.717) is 6.61 Å². The van der Waals surface area contributed by atoms with E-state index in [1.165, 1.54) is 6.19 Å². The summed E-state index contributed by atoms with van der Waals surface area (Å²) >= 11 is 0. The molecule has 0 bridgehead atoms. The number of hydrogen-bond donors (Lipinski definition) is 1. The van der Waals surface area contributed by atoms with Crippen LogP contribution in [0.1, 0.15) is 5.56 Å². The Morgan fingerprint density at radius 1 is 1.43 bits per heavy atom. The Kier molecular flexibility index (Phi) is 4.18. The minimum absolute atomic E-state index is 0.0948. The minimum Gasteiger partial charge on any atom is -0.367 e. The van der Waals surface area contributed by atoms with Crippen molar-refractivity contribution in [1.29, 1.82) is 5.26 Å². The molecule has 0 unspecified atom stereocenters. The lowest BCUT2D eigenvalue weighted by atomic mass is 10.2. The van der Waals surface area contributed by atoms with Gasteiger partial charge in [-0.2, -0.15) is 5.26 Å². The molecule has 0 fully saturated rings. The molecule has 1 aromatic rings. The predicted octanol–water partition coefficient (Wildman–Crippen LogP) is 0.800. The van der Waals surface area contributed by atoms with Crippen molar-refractivity contribution in [2.75, 3.05) is 6.61 Å². The van der Waals surface area contributed by atoms with Crippen molar-refractivity contribution >= 4 is 5.91 Å². The van der Waals surface area contributed by atoms with Gasteiger partial charge in [0.1, 0.15) is 6.61 Å². The Hall–Kier alpha value is -1.86. The minimum atomic E-state index is -0.427. The average molecular weight is 190 g/mol. The molecule has 72 valence electrons. The fourth-order valence-corrected chi connectivity index (χ4v) is 0.934. The number of benzene rings is 1. The highest BCUT2D eigenvalue weighted by Crippen LogP contribution is 1.99. The molecule has 0 aliphatic rings. The Balaban J connectivity index is 2.23. The van der Waals surface area contributed by atoms with Crippen molar-refractivity contribution in [2.24, 2.45) is 0 Å². The first kappa shape index (κ1) is 10.2. The molecule has 14 heavy (non-hydrogen) atoms. The normalized spacial score (nSPS) is 9.07. The van der Waals surface area contributed by atoms with Gasteiger partial charge >= 0.3 is 0 Å². The summed E-state index contributed by atoms with van der Waals surface area (Å²) in [6, 6.07) is 9.51. The third kappa shape index (κ3) is 3.70. The number of rotatable bonds is 4. The maximum Gasteiger partial charge on any atom is 0.258 e. The van der Waals surface area contributed by atoms with E-state index in [4.69, 9.17) is 10.00 Å². The zero-order valence-corrected chi connectivity index (χ0v) is 7.56. The second-order valence-electron chi connectivity index (χ2n) is 2.64. The fourth-order valence-electron chi connectivity index (χ4n) is 0.934. The molecule has 0 aliphatic carbocycles. The lowest BCUT2D eigenvalue weighted by Crippen LogP contribution is -2.22. The van der Waals surface area contributed by atoms with Crippen LogP contribution >= 0.6 is 0 Å². The van der Waals surface area contributed by atoms with Crippen molar-refractivity contribution in [2.45, 2.75) is 6.61 Å². The van der Waals surface area contributed by atoms with Gasteiger partial charge in [0.2, 0.25) is 0 Å². The molecular weight excluding hydrogens is 180 g/mol. The number of nitrogens with zero attached hydrogens (tertiary/aromatic N) is 1. The summed E-state index contributed by atoms with van der Waals surface area (Å²) in [4.78, 5) is 10.8. The van der Waals surface area contributed by atoms with Crippen LogP contribution in [0.5, 0.6) is 0 Å². The first-order valence-corrected chi connectivity index (χ1v) is 4.12. The Labute approximate surface area is 82.1 Å². The largest absolute Gasteiger partial charge is 0.367 e. The Morgan fingerprint density at radius 2 is 2.14 bits per heavy atom. The van der Waals surface area contributed by atoms with Gasteiger partial charge in [-0.3, -0.25) is 10.1 Å². The number of ether oxygens (including phenoxy) is 1. The zero-order valence-electron chi connectivity index (χ0n) is 7.56. The molecule has 0 saturated heterocycles. The average Bonchev–Trinajstić information content (AvgIpc) is 2.20. The molecule has 0 aliphatic heterocycles. The molecule has 1 amide bonds. The first-order chi connectivity index (χ1) is 6.83. The van der Waals surface area contributed by atoms with E-state index in [0.717, 1.165) is 5.56 Å². The summed E-state index contributed by atoms with van der Waals surface area (Å²) in [6.45, 7) is 0.280. The molecule has 0 aromatic heterocycles. The van der Waals surface area contributed by atoms with E-state index in [9.17, 15) is 4.79 Å². The maximum atomic E-state index is 10.8. The highest BCUT2D eigenvalue weighted by Gasteiger charge is 1.99. The van der Waals surface area contributed by atoms with Crippen molar-refractivity contribution in [3.8, 4) is 6.19 Å². The lowest BCUT2D eigenvalue weighted by Gasteiger charge is -2.01. The number of amides is 1. The summed E-state index contributed by atoms with van der Waals surface area (Å²) < 4.78 is 5.07. The van der Waals surface area contributed by atoms with E-state index >= 15 is 0 Å². The van der Waals surface area contributed by atoms with Gasteiger partial charge in [0, 0.05) is 0 Å². The third-order valence-electron chi connectivity index (χ3n) is 1.54. The van der Waals surface area contributed by atoms with E-state index in [1.54, 1.807) is 0 Å². The van der Waals surface area contributed by atoms with Crippen LogP contribution in [0.2, 0.25) is 0 Å². The molecular formula is C10H10N2O2. The standard InChI is InChI=1S/C10H10N2O2/c11-8-12-10(13)7-14-6-9-4-2-1-3-5-9/h1-5H,6-7H2,(H,12,13). The SMILES string of the molecule is N#CNC(=O)COCc1ccccc1. The molecule has 1 N–H and O–H groups in total. The molecule has 0 radical (unpaired) electrons. The van der Waals surface area contributed by atoms with Gasteiger partial charge in [-0.1, -0.05) is 30.3 Å². The first-order valence-electron chi connectivity index (χ1n) is 4.12. The summed E-state index contributed by atoms with van der Waals surface area (Å²) in [7, 11) is 0. The number of carbonyl (C=O) groups is 1. The number of hydrogen-bond acceptors (Lipinski definition) is 3. The molecule has 0 saturated carbocycles. The summed E-state index contributed by atoms with van der Waals surface area (Å²) in [5.41, 5.74) is 0.997. The molecule has 1 aromatic carbocycles. The van der Waals surface area contributed by atoms with Crippen LogP contribution in [-0.4, -0.2) is 12.5 Å². The second kappa shape index (κ2) is 5.73. The van der Waals surface area contributed by atoms with Gasteiger partial charge in [0.05, 0.1) is 6.61 Å². The molecule has 0 atom stereocenters. The number of nitrogens with one attached hydrogen (secondary N) is 1. The Bertz CT molecular complexity index is 330. The van der Waals surface area contributed by atoms with Crippen LogP contribution in [-0.2, 0) is 16.1 Å². The van der Waals surface area contributed by atoms with Crippen LogP contribution in [0.25, 0.3) is 0 Å². The summed E-state index contributed by atoms with van der Waals surface area (Å²) in [5.74, 6) is -0.427. The number of nitriles is 1. The van der Waals surface area contributed by atoms with Gasteiger partial charge in [-0.05, 0) is 5.56 Å². The van der Waals surface area contributed by atoms with E-state index in [1.807, 2.05) is 35.6 Å². The quantitative estimate of drug-likeness (QED) is 0.564. The Morgan fingerprint density at radius 3 is 2.79 bits per heavy atom. The van der Waals surface area contributed by atoms with E-state index in [2.05, 4.69) is 0 Å². The van der Waals surface area contributed by atoms with Gasteiger partial charge in [-0.15, -0.1) is 0 Å². The molecule has 0 heterocycles. The van der Waals surface area contributed by atoms with Crippen molar-refractivity contribution in [1.82, 2.24) is 5.32 Å². The highest BCUT2D eigenvalue weighted by molar-refractivity contribution is 5.78. The second-order valence-corrected chi connectivity index (χ2v) is 2.64. The predicted molar refractivity (Wildman–Crippen MR) is 49.9 cm³/mol. The third-order valence-corrected chi connectivity index (χ3v) is 1.54. The monoisotopic (exact) mass is 190 g/mol.